The number of H-pyrrole nitrogens is 1. The highest BCUT2D eigenvalue weighted by Gasteiger charge is 2.32. The summed E-state index contributed by atoms with van der Waals surface area (Å²) in [6.07, 6.45) is -4.28. The predicted octanol–water partition coefficient (Wildman–Crippen LogP) is 3.35. The van der Waals surface area contributed by atoms with Gasteiger partial charge >= 0.3 is 12.1 Å². The normalized spacial score (nSPS) is 16.1. The lowest BCUT2D eigenvalue weighted by Gasteiger charge is -2.15. The first-order valence-electron chi connectivity index (χ1n) is 11.3. The largest absolute Gasteiger partial charge is 0.573 e. The monoisotopic (exact) mass is 503 g/mol. The SMILES string of the molecule is COCc1ccc(OC(F)(F)F)c(Cn2c(=O)[nH]c3c2c(O[C@@H]2CCNC2)nn3-c2ccccc2)c1. The lowest BCUT2D eigenvalue weighted by Crippen LogP contribution is -2.23. The van der Waals surface area contributed by atoms with E-state index in [9.17, 15) is 18.0 Å². The summed E-state index contributed by atoms with van der Waals surface area (Å²) < 4.78 is 57.7. The van der Waals surface area contributed by atoms with Crippen molar-refractivity contribution in [2.75, 3.05) is 20.2 Å². The fraction of sp³-hybridized carbons (Fsp3) is 0.333. The molecule has 2 aromatic carbocycles. The average molecular weight is 503 g/mol. The Labute approximate surface area is 203 Å². The minimum absolute atomic E-state index is 0.153. The molecule has 0 spiro atoms. The number of nitrogens with zero attached hydrogens (tertiary/aromatic N) is 3. The fourth-order valence-electron chi connectivity index (χ4n) is 4.30. The van der Waals surface area contributed by atoms with E-state index in [1.165, 1.54) is 29.9 Å². The van der Waals surface area contributed by atoms with Crippen LogP contribution in [0.1, 0.15) is 17.5 Å². The van der Waals surface area contributed by atoms with Gasteiger partial charge in [-0.15, -0.1) is 18.3 Å². The molecular formula is C24H24F3N5O4. The molecule has 9 nitrogen and oxygen atoms in total. The van der Waals surface area contributed by atoms with Gasteiger partial charge in [-0.1, -0.05) is 24.3 Å². The third kappa shape index (κ3) is 4.95. The van der Waals surface area contributed by atoms with Crippen LogP contribution in [-0.4, -0.2) is 52.0 Å². The van der Waals surface area contributed by atoms with Crippen molar-refractivity contribution < 1.29 is 27.4 Å². The van der Waals surface area contributed by atoms with Crippen molar-refractivity contribution in [2.45, 2.75) is 32.0 Å². The molecule has 1 saturated heterocycles. The topological polar surface area (TPSA) is 95.3 Å². The summed E-state index contributed by atoms with van der Waals surface area (Å²) in [6, 6.07) is 13.4. The number of nitrogens with one attached hydrogen (secondary N) is 2. The van der Waals surface area contributed by atoms with Crippen molar-refractivity contribution in [1.29, 1.82) is 0 Å². The number of ether oxygens (including phenoxy) is 3. The Hall–Kier alpha value is -3.77. The molecule has 1 aliphatic heterocycles. The van der Waals surface area contributed by atoms with Crippen LogP contribution in [0.25, 0.3) is 16.9 Å². The van der Waals surface area contributed by atoms with Gasteiger partial charge in [-0.25, -0.2) is 9.48 Å². The lowest BCUT2D eigenvalue weighted by molar-refractivity contribution is -0.274. The summed E-state index contributed by atoms with van der Waals surface area (Å²) in [5, 5.41) is 7.82. The van der Waals surface area contributed by atoms with E-state index in [4.69, 9.17) is 9.47 Å². The van der Waals surface area contributed by atoms with Crippen molar-refractivity contribution >= 4 is 11.2 Å². The van der Waals surface area contributed by atoms with Crippen LogP contribution in [0.5, 0.6) is 11.6 Å². The second-order valence-electron chi connectivity index (χ2n) is 8.42. The van der Waals surface area contributed by atoms with Gasteiger partial charge < -0.3 is 19.5 Å². The number of imidazole rings is 1. The highest BCUT2D eigenvalue weighted by Crippen LogP contribution is 2.31. The molecule has 190 valence electrons. The van der Waals surface area contributed by atoms with Crippen LogP contribution >= 0.6 is 0 Å². The van der Waals surface area contributed by atoms with Gasteiger partial charge in [0.15, 0.2) is 11.2 Å². The smallest absolute Gasteiger partial charge is 0.470 e. The second-order valence-corrected chi connectivity index (χ2v) is 8.42. The Bertz CT molecular complexity index is 1410. The maximum absolute atomic E-state index is 13.1. The van der Waals surface area contributed by atoms with Gasteiger partial charge in [0.05, 0.1) is 18.8 Å². The number of halogens is 3. The van der Waals surface area contributed by atoms with Crippen LogP contribution in [-0.2, 0) is 17.9 Å². The highest BCUT2D eigenvalue weighted by molar-refractivity contribution is 5.79. The van der Waals surface area contributed by atoms with E-state index in [1.54, 1.807) is 4.68 Å². The van der Waals surface area contributed by atoms with Gasteiger partial charge in [-0.2, -0.15) is 0 Å². The number of para-hydroxylation sites is 1. The number of rotatable bonds is 8. The standard InChI is InChI=1S/C24H24F3N5O4/c1-34-14-15-7-8-19(36-24(25,26)27)16(11-15)13-31-20-21(29-23(31)33)32(17-5-3-2-4-6-17)30-22(20)35-18-9-10-28-12-18/h2-8,11,18,28H,9-10,12-14H2,1H3,(H,29,33)/t18-/m1/s1. The van der Waals surface area contributed by atoms with E-state index in [-0.39, 0.29) is 30.7 Å². The quantitative estimate of drug-likeness (QED) is 0.383. The second kappa shape index (κ2) is 9.70. The van der Waals surface area contributed by atoms with E-state index in [1.807, 2.05) is 30.3 Å². The average Bonchev–Trinajstić information content (AvgIpc) is 3.54. The predicted molar refractivity (Wildman–Crippen MR) is 125 cm³/mol. The molecule has 1 aliphatic rings. The third-order valence-corrected chi connectivity index (χ3v) is 5.85. The molecule has 2 aromatic heterocycles. The van der Waals surface area contributed by atoms with Gasteiger partial charge in [-0.3, -0.25) is 9.55 Å². The number of aromatic amines is 1. The summed E-state index contributed by atoms with van der Waals surface area (Å²) in [6.45, 7) is 1.39. The Morgan fingerprint density at radius 1 is 1.17 bits per heavy atom. The number of aromatic nitrogens is 4. The van der Waals surface area contributed by atoms with Crippen molar-refractivity contribution in [3.8, 4) is 17.3 Å². The summed E-state index contributed by atoms with van der Waals surface area (Å²) in [4.78, 5) is 15.9. The molecule has 3 heterocycles. The molecule has 12 heteroatoms. The number of methoxy groups -OCH3 is 1. The summed E-state index contributed by atoms with van der Waals surface area (Å²) in [5.41, 5.74) is 1.69. The van der Waals surface area contributed by atoms with Crippen LogP contribution in [0.2, 0.25) is 0 Å². The van der Waals surface area contributed by atoms with Gasteiger partial charge in [0.25, 0.3) is 5.88 Å². The number of fused-ring (bicyclic) bond motifs is 1. The zero-order valence-corrected chi connectivity index (χ0v) is 19.3. The summed E-state index contributed by atoms with van der Waals surface area (Å²) in [5.74, 6) is -0.186. The van der Waals surface area contributed by atoms with Crippen LogP contribution < -0.4 is 20.5 Å². The Balaban J connectivity index is 1.63. The molecule has 5 rings (SSSR count). The first-order chi connectivity index (χ1) is 17.3. The number of benzene rings is 2. The Kier molecular flexibility index (Phi) is 6.46. The molecule has 0 unspecified atom stereocenters. The van der Waals surface area contributed by atoms with Crippen molar-refractivity contribution in [1.82, 2.24) is 24.6 Å². The molecule has 0 bridgehead atoms. The zero-order valence-electron chi connectivity index (χ0n) is 19.3. The van der Waals surface area contributed by atoms with Crippen molar-refractivity contribution in [2.24, 2.45) is 0 Å². The molecule has 0 saturated carbocycles. The summed E-state index contributed by atoms with van der Waals surface area (Å²) >= 11 is 0. The van der Waals surface area contributed by atoms with Crippen LogP contribution in [0.4, 0.5) is 13.2 Å². The molecule has 1 atom stereocenters. The van der Waals surface area contributed by atoms with Crippen LogP contribution in [0, 0.1) is 0 Å². The van der Waals surface area contributed by atoms with E-state index in [2.05, 4.69) is 20.1 Å². The molecule has 0 radical (unpaired) electrons. The van der Waals surface area contributed by atoms with E-state index in [0.29, 0.717) is 29.0 Å². The van der Waals surface area contributed by atoms with Gasteiger partial charge in [-0.05, 0) is 42.8 Å². The Morgan fingerprint density at radius 2 is 1.97 bits per heavy atom. The summed E-state index contributed by atoms with van der Waals surface area (Å²) in [7, 11) is 1.49. The third-order valence-electron chi connectivity index (χ3n) is 5.85. The maximum Gasteiger partial charge on any atom is 0.573 e. The molecule has 2 N–H and O–H groups in total. The van der Waals surface area contributed by atoms with Gasteiger partial charge in [0.2, 0.25) is 0 Å². The first kappa shape index (κ1) is 23.9. The molecule has 4 aromatic rings. The van der Waals surface area contributed by atoms with Crippen molar-refractivity contribution in [3.05, 3.63) is 70.1 Å². The molecule has 1 fully saturated rings. The molecule has 0 aliphatic carbocycles. The van der Waals surface area contributed by atoms with E-state index >= 15 is 0 Å². The van der Waals surface area contributed by atoms with Crippen LogP contribution in [0.3, 0.4) is 0 Å². The zero-order chi connectivity index (χ0) is 25.3. The Morgan fingerprint density at radius 3 is 2.67 bits per heavy atom. The van der Waals surface area contributed by atoms with E-state index in [0.717, 1.165) is 13.0 Å². The molecular weight excluding hydrogens is 479 g/mol. The van der Waals surface area contributed by atoms with Gasteiger partial charge in [0, 0.05) is 19.2 Å². The van der Waals surface area contributed by atoms with E-state index < -0.39 is 17.8 Å². The van der Waals surface area contributed by atoms with Crippen LogP contribution in [0.15, 0.2) is 53.3 Å². The number of hydrogen-bond donors (Lipinski definition) is 2. The minimum Gasteiger partial charge on any atom is -0.470 e. The molecule has 36 heavy (non-hydrogen) atoms. The first-order valence-corrected chi connectivity index (χ1v) is 11.3. The minimum atomic E-state index is -4.89. The number of hydrogen-bond acceptors (Lipinski definition) is 6. The molecule has 0 amide bonds. The lowest BCUT2D eigenvalue weighted by atomic mass is 10.1. The number of alkyl halides is 3. The van der Waals surface area contributed by atoms with Crippen molar-refractivity contribution in [3.63, 3.8) is 0 Å². The maximum atomic E-state index is 13.1. The highest BCUT2D eigenvalue weighted by atomic mass is 19.4. The van der Waals surface area contributed by atoms with Gasteiger partial charge in [0.1, 0.15) is 11.9 Å². The fourth-order valence-corrected chi connectivity index (χ4v) is 4.30.